The van der Waals surface area contributed by atoms with E-state index in [0.717, 1.165) is 55.2 Å². The largest absolute Gasteiger partial charge is 0.491 e. The highest BCUT2D eigenvalue weighted by Crippen LogP contribution is 2.31. The molecule has 1 saturated heterocycles. The second-order valence-electron chi connectivity index (χ2n) is 8.26. The average molecular weight is 458 g/mol. The predicted octanol–water partition coefficient (Wildman–Crippen LogP) is 3.90. The summed E-state index contributed by atoms with van der Waals surface area (Å²) in [5.41, 5.74) is 3.84. The number of aromatic amines is 1. The minimum atomic E-state index is -0.256. The SMILES string of the molecule is Cc1ccc(OCCN2CCOCC2)c(-c2nc3c(C(=O)Nc4ccccn4)cccc3[nH]2)c1. The van der Waals surface area contributed by atoms with E-state index in [4.69, 9.17) is 14.5 Å². The van der Waals surface area contributed by atoms with Gasteiger partial charge in [0.15, 0.2) is 0 Å². The normalized spacial score (nSPS) is 14.3. The maximum atomic E-state index is 12.9. The van der Waals surface area contributed by atoms with E-state index in [9.17, 15) is 4.79 Å². The number of carbonyl (C=O) groups excluding carboxylic acids is 1. The standard InChI is InChI=1S/C26H27N5O3/c1-18-8-9-22(34-16-13-31-11-14-33-15-12-31)20(17-18)25-28-21-6-4-5-19(24(21)30-25)26(32)29-23-7-2-3-10-27-23/h2-10,17H,11-16H2,1H3,(H,28,30)(H,27,29,32). The zero-order chi connectivity index (χ0) is 23.3. The van der Waals surface area contributed by atoms with E-state index in [1.165, 1.54) is 0 Å². The molecule has 0 aliphatic carbocycles. The number of rotatable bonds is 7. The Morgan fingerprint density at radius 3 is 2.85 bits per heavy atom. The van der Waals surface area contributed by atoms with Crippen LogP contribution in [0.15, 0.2) is 60.8 Å². The van der Waals surface area contributed by atoms with Crippen LogP contribution in [0.2, 0.25) is 0 Å². The zero-order valence-electron chi connectivity index (χ0n) is 19.1. The van der Waals surface area contributed by atoms with Crippen molar-refractivity contribution in [3.63, 3.8) is 0 Å². The zero-order valence-corrected chi connectivity index (χ0v) is 19.1. The summed E-state index contributed by atoms with van der Waals surface area (Å²) in [6, 6.07) is 17.0. The van der Waals surface area contributed by atoms with Gasteiger partial charge in [0.1, 0.15) is 29.5 Å². The Kier molecular flexibility index (Phi) is 6.51. The molecule has 1 amide bonds. The van der Waals surface area contributed by atoms with Gasteiger partial charge in [-0.15, -0.1) is 0 Å². The van der Waals surface area contributed by atoms with Crippen molar-refractivity contribution in [2.75, 3.05) is 44.8 Å². The second kappa shape index (κ2) is 10.0. The Balaban J connectivity index is 1.40. The van der Waals surface area contributed by atoms with E-state index >= 15 is 0 Å². The van der Waals surface area contributed by atoms with Gasteiger partial charge < -0.3 is 19.8 Å². The highest BCUT2D eigenvalue weighted by Gasteiger charge is 2.18. The van der Waals surface area contributed by atoms with Crippen LogP contribution in [0.4, 0.5) is 5.82 Å². The number of carbonyl (C=O) groups is 1. The summed E-state index contributed by atoms with van der Waals surface area (Å²) in [7, 11) is 0. The van der Waals surface area contributed by atoms with Crippen LogP contribution in [0.25, 0.3) is 22.4 Å². The lowest BCUT2D eigenvalue weighted by Crippen LogP contribution is -2.38. The molecule has 2 N–H and O–H groups in total. The molecule has 1 fully saturated rings. The summed E-state index contributed by atoms with van der Waals surface area (Å²) >= 11 is 0. The van der Waals surface area contributed by atoms with Gasteiger partial charge in [-0.2, -0.15) is 0 Å². The molecule has 2 aromatic carbocycles. The first kappa shape index (κ1) is 22.1. The Hall–Kier alpha value is -3.75. The number of aromatic nitrogens is 3. The van der Waals surface area contributed by atoms with Gasteiger partial charge in [-0.05, 0) is 43.3 Å². The number of fused-ring (bicyclic) bond motifs is 1. The fraction of sp³-hybridized carbons (Fsp3) is 0.269. The number of hydrogen-bond acceptors (Lipinski definition) is 6. The van der Waals surface area contributed by atoms with Crippen LogP contribution < -0.4 is 10.1 Å². The topological polar surface area (TPSA) is 92.4 Å². The molecule has 0 radical (unpaired) electrons. The van der Waals surface area contributed by atoms with Crippen molar-refractivity contribution in [1.82, 2.24) is 19.9 Å². The molecule has 0 saturated carbocycles. The number of nitrogens with zero attached hydrogens (tertiary/aromatic N) is 3. The third-order valence-corrected chi connectivity index (χ3v) is 5.82. The molecule has 0 spiro atoms. The number of H-pyrrole nitrogens is 1. The van der Waals surface area contributed by atoms with Crippen LogP contribution in [-0.2, 0) is 4.74 Å². The van der Waals surface area contributed by atoms with E-state index < -0.39 is 0 Å². The third kappa shape index (κ3) is 4.93. The molecule has 34 heavy (non-hydrogen) atoms. The summed E-state index contributed by atoms with van der Waals surface area (Å²) in [6.07, 6.45) is 1.64. The van der Waals surface area contributed by atoms with Gasteiger partial charge in [0.05, 0.1) is 29.9 Å². The number of imidazole rings is 1. The van der Waals surface area contributed by atoms with Crippen molar-refractivity contribution in [3.05, 3.63) is 71.9 Å². The van der Waals surface area contributed by atoms with Gasteiger partial charge in [-0.3, -0.25) is 9.69 Å². The lowest BCUT2D eigenvalue weighted by atomic mass is 10.1. The number of aryl methyl sites for hydroxylation is 1. The van der Waals surface area contributed by atoms with Crippen LogP contribution in [0.1, 0.15) is 15.9 Å². The molecule has 1 aliphatic rings. The highest BCUT2D eigenvalue weighted by molar-refractivity contribution is 6.11. The molecule has 0 bridgehead atoms. The van der Waals surface area contributed by atoms with Crippen molar-refractivity contribution in [3.8, 4) is 17.1 Å². The summed E-state index contributed by atoms with van der Waals surface area (Å²) < 4.78 is 11.6. The number of anilines is 1. The maximum absolute atomic E-state index is 12.9. The van der Waals surface area contributed by atoms with E-state index in [2.05, 4.69) is 26.3 Å². The molecular formula is C26H27N5O3. The van der Waals surface area contributed by atoms with Gasteiger partial charge in [0, 0.05) is 25.8 Å². The minimum Gasteiger partial charge on any atom is -0.491 e. The van der Waals surface area contributed by atoms with Crippen LogP contribution in [0, 0.1) is 6.92 Å². The summed E-state index contributed by atoms with van der Waals surface area (Å²) in [5.74, 6) is 1.67. The molecule has 5 rings (SSSR count). The maximum Gasteiger partial charge on any atom is 0.259 e. The number of ether oxygens (including phenoxy) is 2. The van der Waals surface area contributed by atoms with Gasteiger partial charge in [0.2, 0.25) is 0 Å². The van der Waals surface area contributed by atoms with Gasteiger partial charge in [0.25, 0.3) is 5.91 Å². The number of amides is 1. The fourth-order valence-electron chi connectivity index (χ4n) is 4.03. The van der Waals surface area contributed by atoms with Crippen molar-refractivity contribution in [2.45, 2.75) is 6.92 Å². The number of benzene rings is 2. The molecule has 0 unspecified atom stereocenters. The third-order valence-electron chi connectivity index (χ3n) is 5.82. The Morgan fingerprint density at radius 1 is 1.15 bits per heavy atom. The van der Waals surface area contributed by atoms with Crippen LogP contribution >= 0.6 is 0 Å². The molecule has 1 aliphatic heterocycles. The second-order valence-corrected chi connectivity index (χ2v) is 8.26. The number of nitrogens with one attached hydrogen (secondary N) is 2. The number of pyridine rings is 1. The van der Waals surface area contributed by atoms with E-state index in [1.807, 2.05) is 37.3 Å². The molecule has 0 atom stereocenters. The lowest BCUT2D eigenvalue weighted by molar-refractivity contribution is 0.0323. The first-order valence-electron chi connectivity index (χ1n) is 11.4. The first-order valence-corrected chi connectivity index (χ1v) is 11.4. The van der Waals surface area contributed by atoms with Crippen LogP contribution in [-0.4, -0.2) is 65.2 Å². The van der Waals surface area contributed by atoms with E-state index in [1.54, 1.807) is 24.4 Å². The Labute approximate surface area is 197 Å². The number of morpholine rings is 1. The molecule has 2 aromatic heterocycles. The van der Waals surface area contributed by atoms with E-state index in [-0.39, 0.29) is 5.91 Å². The summed E-state index contributed by atoms with van der Waals surface area (Å²) in [5, 5.41) is 2.84. The number of hydrogen-bond donors (Lipinski definition) is 2. The van der Waals surface area contributed by atoms with Crippen molar-refractivity contribution in [1.29, 1.82) is 0 Å². The van der Waals surface area contributed by atoms with Crippen molar-refractivity contribution in [2.24, 2.45) is 0 Å². The average Bonchev–Trinajstić information content (AvgIpc) is 3.30. The van der Waals surface area contributed by atoms with Crippen LogP contribution in [0.5, 0.6) is 5.75 Å². The molecule has 174 valence electrons. The highest BCUT2D eigenvalue weighted by atomic mass is 16.5. The fourth-order valence-corrected chi connectivity index (χ4v) is 4.03. The Morgan fingerprint density at radius 2 is 2.03 bits per heavy atom. The smallest absolute Gasteiger partial charge is 0.259 e. The van der Waals surface area contributed by atoms with E-state index in [0.29, 0.717) is 29.3 Å². The quantitative estimate of drug-likeness (QED) is 0.437. The van der Waals surface area contributed by atoms with Gasteiger partial charge in [-0.1, -0.05) is 23.8 Å². The predicted molar refractivity (Wildman–Crippen MR) is 131 cm³/mol. The summed E-state index contributed by atoms with van der Waals surface area (Å²) in [4.78, 5) is 27.6. The van der Waals surface area contributed by atoms with Crippen molar-refractivity contribution >= 4 is 22.8 Å². The van der Waals surface area contributed by atoms with Gasteiger partial charge >= 0.3 is 0 Å². The monoisotopic (exact) mass is 457 g/mol. The summed E-state index contributed by atoms with van der Waals surface area (Å²) in [6.45, 7) is 6.85. The molecule has 4 aromatic rings. The van der Waals surface area contributed by atoms with Crippen LogP contribution in [0.3, 0.4) is 0 Å². The molecular weight excluding hydrogens is 430 g/mol. The van der Waals surface area contributed by atoms with Crippen molar-refractivity contribution < 1.29 is 14.3 Å². The molecule has 3 heterocycles. The lowest BCUT2D eigenvalue weighted by Gasteiger charge is -2.26. The number of para-hydroxylation sites is 1. The minimum absolute atomic E-state index is 0.256. The Bertz CT molecular complexity index is 1280. The molecule has 8 heteroatoms. The first-order chi connectivity index (χ1) is 16.7. The van der Waals surface area contributed by atoms with Gasteiger partial charge in [-0.25, -0.2) is 9.97 Å². The molecule has 8 nitrogen and oxygen atoms in total.